The van der Waals surface area contributed by atoms with Crippen molar-refractivity contribution in [2.24, 2.45) is 0 Å². The molecular weight excluding hydrogens is 449 g/mol. The summed E-state index contributed by atoms with van der Waals surface area (Å²) >= 11 is 3.30. The minimum absolute atomic E-state index is 0.0340. The van der Waals surface area contributed by atoms with E-state index in [0.717, 1.165) is 25.9 Å². The van der Waals surface area contributed by atoms with E-state index in [4.69, 9.17) is 4.74 Å². The van der Waals surface area contributed by atoms with Crippen LogP contribution in [0.2, 0.25) is 0 Å². The van der Waals surface area contributed by atoms with Crippen molar-refractivity contribution >= 4 is 45.1 Å². The lowest BCUT2D eigenvalue weighted by atomic mass is 10.1. The first kappa shape index (κ1) is 21.8. The van der Waals surface area contributed by atoms with E-state index in [-0.39, 0.29) is 5.75 Å². The van der Waals surface area contributed by atoms with Gasteiger partial charge in [-0.2, -0.15) is 0 Å². The number of aromatic nitrogens is 1. The number of carbonyl (C=O) groups excluding carboxylic acids is 2. The molecule has 0 spiro atoms. The summed E-state index contributed by atoms with van der Waals surface area (Å²) in [6.45, 7) is -0.427. The van der Waals surface area contributed by atoms with Gasteiger partial charge in [-0.05, 0) is 42.0 Å². The Morgan fingerprint density at radius 2 is 1.72 bits per heavy atom. The topological polar surface area (TPSA) is 80.3 Å². The second kappa shape index (κ2) is 10.3. The molecule has 0 saturated heterocycles. The number of hydrazine groups is 1. The first-order valence-corrected chi connectivity index (χ1v) is 11.4. The van der Waals surface area contributed by atoms with Crippen LogP contribution in [-0.4, -0.2) is 23.4 Å². The smallest absolute Gasteiger partial charge is 0.276 e. The van der Waals surface area contributed by atoms with Gasteiger partial charge in [-0.15, -0.1) is 11.3 Å². The number of para-hydroxylation sites is 2. The fourth-order valence-electron chi connectivity index (χ4n) is 2.75. The number of rotatable bonds is 7. The molecule has 4 rings (SSSR count). The molecule has 162 valence electrons. The highest BCUT2D eigenvalue weighted by molar-refractivity contribution is 8.00. The van der Waals surface area contributed by atoms with Gasteiger partial charge in [0.15, 0.2) is 22.5 Å². The summed E-state index contributed by atoms with van der Waals surface area (Å²) in [7, 11) is 0. The van der Waals surface area contributed by atoms with E-state index in [9.17, 15) is 14.0 Å². The molecule has 0 fully saturated rings. The Hall–Kier alpha value is -3.43. The molecule has 1 heterocycles. The summed E-state index contributed by atoms with van der Waals surface area (Å²) in [5, 5.41) is 0. The number of nitrogens with zero attached hydrogens (tertiary/aromatic N) is 1. The molecule has 0 radical (unpaired) electrons. The zero-order valence-corrected chi connectivity index (χ0v) is 18.3. The molecule has 9 heteroatoms. The molecule has 0 saturated carbocycles. The number of amides is 2. The molecule has 4 aromatic rings. The molecule has 0 aliphatic carbocycles. The fraction of sp³-hybridized carbons (Fsp3) is 0.0870. The monoisotopic (exact) mass is 467 g/mol. The van der Waals surface area contributed by atoms with Gasteiger partial charge in [0.2, 0.25) is 0 Å². The molecule has 0 aliphatic heterocycles. The number of hydrogen-bond donors (Lipinski definition) is 2. The molecular formula is C23H18FN3O3S2. The summed E-state index contributed by atoms with van der Waals surface area (Å²) in [5.41, 5.74) is 7.00. The third kappa shape index (κ3) is 5.63. The summed E-state index contributed by atoms with van der Waals surface area (Å²) in [5.74, 6) is -0.940. The van der Waals surface area contributed by atoms with Crippen molar-refractivity contribution in [1.29, 1.82) is 0 Å². The van der Waals surface area contributed by atoms with Crippen LogP contribution < -0.4 is 15.6 Å². The van der Waals surface area contributed by atoms with Gasteiger partial charge in [-0.1, -0.05) is 48.2 Å². The number of ether oxygens (including phenoxy) is 1. The third-order valence-corrected chi connectivity index (χ3v) is 6.61. The number of hydrogen-bond acceptors (Lipinski definition) is 6. The van der Waals surface area contributed by atoms with Crippen LogP contribution >= 0.6 is 23.1 Å². The zero-order valence-electron chi connectivity index (χ0n) is 16.7. The Labute approximate surface area is 191 Å². The van der Waals surface area contributed by atoms with Gasteiger partial charge in [-0.25, -0.2) is 9.37 Å². The van der Waals surface area contributed by atoms with Crippen LogP contribution in [0.25, 0.3) is 10.2 Å². The Balaban J connectivity index is 1.23. The zero-order chi connectivity index (χ0) is 22.3. The number of thiazole rings is 1. The van der Waals surface area contributed by atoms with Crippen LogP contribution in [0.1, 0.15) is 15.9 Å². The van der Waals surface area contributed by atoms with E-state index in [1.54, 1.807) is 41.3 Å². The van der Waals surface area contributed by atoms with E-state index in [2.05, 4.69) is 21.9 Å². The molecule has 2 N–H and O–H groups in total. The predicted octanol–water partition coefficient (Wildman–Crippen LogP) is 4.57. The molecule has 1 aromatic heterocycles. The maximum Gasteiger partial charge on any atom is 0.276 e. The average molecular weight is 468 g/mol. The number of nitrogens with one attached hydrogen (secondary N) is 2. The largest absolute Gasteiger partial charge is 0.481 e. The van der Waals surface area contributed by atoms with Crippen LogP contribution in [-0.2, 0) is 10.5 Å². The quantitative estimate of drug-likeness (QED) is 0.308. The second-order valence-electron chi connectivity index (χ2n) is 6.65. The van der Waals surface area contributed by atoms with Crippen molar-refractivity contribution in [3.05, 3.63) is 89.7 Å². The predicted molar refractivity (Wildman–Crippen MR) is 123 cm³/mol. The first-order chi connectivity index (χ1) is 15.6. The van der Waals surface area contributed by atoms with E-state index >= 15 is 0 Å². The molecule has 3 aromatic carbocycles. The normalized spacial score (nSPS) is 10.7. The summed E-state index contributed by atoms with van der Waals surface area (Å²) in [6.07, 6.45) is 0. The fourth-order valence-corrected chi connectivity index (χ4v) is 4.77. The van der Waals surface area contributed by atoms with Crippen molar-refractivity contribution in [3.63, 3.8) is 0 Å². The summed E-state index contributed by atoms with van der Waals surface area (Å²) in [4.78, 5) is 28.6. The molecule has 0 unspecified atom stereocenters. The lowest BCUT2D eigenvalue weighted by Gasteiger charge is -2.09. The van der Waals surface area contributed by atoms with Gasteiger partial charge in [0.1, 0.15) is 0 Å². The molecule has 32 heavy (non-hydrogen) atoms. The van der Waals surface area contributed by atoms with Gasteiger partial charge >= 0.3 is 0 Å². The molecule has 0 bridgehead atoms. The third-order valence-electron chi connectivity index (χ3n) is 4.36. The highest BCUT2D eigenvalue weighted by atomic mass is 32.2. The summed E-state index contributed by atoms with van der Waals surface area (Å²) in [6, 6.07) is 20.9. The number of thioether (sulfide) groups is 1. The van der Waals surface area contributed by atoms with Gasteiger partial charge in [0, 0.05) is 11.3 Å². The molecule has 0 aliphatic rings. The Morgan fingerprint density at radius 1 is 0.969 bits per heavy atom. The van der Waals surface area contributed by atoms with Gasteiger partial charge in [0.25, 0.3) is 11.8 Å². The Bertz CT molecular complexity index is 1210. The van der Waals surface area contributed by atoms with Gasteiger partial charge in [-0.3, -0.25) is 20.4 Å². The highest BCUT2D eigenvalue weighted by Crippen LogP contribution is 2.31. The van der Waals surface area contributed by atoms with Crippen molar-refractivity contribution in [2.45, 2.75) is 10.1 Å². The molecule has 2 amide bonds. The Morgan fingerprint density at radius 3 is 2.50 bits per heavy atom. The lowest BCUT2D eigenvalue weighted by Crippen LogP contribution is -2.43. The summed E-state index contributed by atoms with van der Waals surface area (Å²) < 4.78 is 20.7. The number of benzene rings is 3. The van der Waals surface area contributed by atoms with Crippen molar-refractivity contribution in [2.75, 3.05) is 6.61 Å². The molecule has 0 atom stereocenters. The van der Waals surface area contributed by atoms with Crippen LogP contribution in [0, 0.1) is 5.82 Å². The van der Waals surface area contributed by atoms with Crippen LogP contribution in [0.4, 0.5) is 4.39 Å². The van der Waals surface area contributed by atoms with E-state index in [0.29, 0.717) is 5.56 Å². The van der Waals surface area contributed by atoms with Crippen LogP contribution in [0.5, 0.6) is 5.75 Å². The van der Waals surface area contributed by atoms with Crippen molar-refractivity contribution in [1.82, 2.24) is 15.8 Å². The first-order valence-electron chi connectivity index (χ1n) is 9.62. The maximum atomic E-state index is 13.5. The number of fused-ring (bicyclic) bond motifs is 1. The van der Waals surface area contributed by atoms with Crippen LogP contribution in [0.15, 0.2) is 77.1 Å². The SMILES string of the molecule is O=C(COc1ccccc1F)NNC(=O)c1ccc(CSc2nc3ccccc3s2)cc1. The lowest BCUT2D eigenvalue weighted by molar-refractivity contribution is -0.123. The number of halogens is 1. The minimum atomic E-state index is -0.606. The molecule has 6 nitrogen and oxygen atoms in total. The average Bonchev–Trinajstić information content (AvgIpc) is 3.24. The maximum absolute atomic E-state index is 13.5. The van der Waals surface area contributed by atoms with Gasteiger partial charge in [0.05, 0.1) is 10.2 Å². The van der Waals surface area contributed by atoms with Crippen molar-refractivity contribution < 1.29 is 18.7 Å². The van der Waals surface area contributed by atoms with E-state index < -0.39 is 24.2 Å². The van der Waals surface area contributed by atoms with Crippen LogP contribution in [0.3, 0.4) is 0 Å². The number of carbonyl (C=O) groups is 2. The van der Waals surface area contributed by atoms with Crippen molar-refractivity contribution in [3.8, 4) is 5.75 Å². The second-order valence-corrected chi connectivity index (χ2v) is 8.91. The Kier molecular flexibility index (Phi) is 6.98. The van der Waals surface area contributed by atoms with Gasteiger partial charge < -0.3 is 4.74 Å². The highest BCUT2D eigenvalue weighted by Gasteiger charge is 2.10. The minimum Gasteiger partial charge on any atom is -0.481 e. The van der Waals surface area contributed by atoms with E-state index in [1.165, 1.54) is 18.2 Å². The standard InChI is InChI=1S/C23H18FN3O3S2/c24-17-5-1-3-7-19(17)30-13-21(28)26-27-22(29)16-11-9-15(10-12-16)14-31-23-25-18-6-2-4-8-20(18)32-23/h1-12H,13-14H2,(H,26,28)(H,27,29). The van der Waals surface area contributed by atoms with E-state index in [1.807, 2.05) is 30.3 Å².